The lowest BCUT2D eigenvalue weighted by Gasteiger charge is -2.24. The molecule has 0 atom stereocenters. The third kappa shape index (κ3) is 5.51. The summed E-state index contributed by atoms with van der Waals surface area (Å²) in [6, 6.07) is 9.63. The molecule has 0 aliphatic carbocycles. The molecule has 184 valence electrons. The first-order valence-corrected chi connectivity index (χ1v) is 12.8. The van der Waals surface area contributed by atoms with E-state index in [1.54, 1.807) is 44.2 Å². The van der Waals surface area contributed by atoms with Crippen molar-refractivity contribution < 1.29 is 22.7 Å². The van der Waals surface area contributed by atoms with E-state index in [0.717, 1.165) is 25.9 Å². The molecule has 34 heavy (non-hydrogen) atoms. The van der Waals surface area contributed by atoms with Gasteiger partial charge in [-0.3, -0.25) is 9.59 Å². The lowest BCUT2D eigenvalue weighted by molar-refractivity contribution is -0.114. The van der Waals surface area contributed by atoms with Crippen LogP contribution in [0.25, 0.3) is 0 Å². The van der Waals surface area contributed by atoms with Gasteiger partial charge in [-0.15, -0.1) is 0 Å². The fraction of sp³-hybridized carbons (Fsp3) is 0.417. The second-order valence-corrected chi connectivity index (χ2v) is 9.95. The quantitative estimate of drug-likeness (QED) is 0.559. The number of nitrogens with zero attached hydrogens (tertiary/aromatic N) is 2. The summed E-state index contributed by atoms with van der Waals surface area (Å²) >= 11 is 0. The van der Waals surface area contributed by atoms with E-state index in [4.69, 9.17) is 4.74 Å². The van der Waals surface area contributed by atoms with Crippen molar-refractivity contribution in [3.8, 4) is 5.75 Å². The van der Waals surface area contributed by atoms with Crippen molar-refractivity contribution >= 4 is 38.9 Å². The van der Waals surface area contributed by atoms with Crippen LogP contribution in [-0.4, -0.2) is 57.8 Å². The van der Waals surface area contributed by atoms with Gasteiger partial charge in [0.15, 0.2) is 0 Å². The summed E-state index contributed by atoms with van der Waals surface area (Å²) in [6.45, 7) is 7.21. The average molecular weight is 489 g/mol. The van der Waals surface area contributed by atoms with Crippen LogP contribution in [0.1, 0.15) is 44.0 Å². The lowest BCUT2D eigenvalue weighted by atomic mass is 10.1. The number of nitrogens with one attached hydrogen (secondary N) is 2. The lowest BCUT2D eigenvalue weighted by Crippen LogP contribution is -2.31. The van der Waals surface area contributed by atoms with E-state index in [2.05, 4.69) is 15.5 Å². The van der Waals surface area contributed by atoms with Crippen molar-refractivity contribution in [1.82, 2.24) is 4.31 Å². The van der Waals surface area contributed by atoms with Crippen LogP contribution in [0.3, 0.4) is 0 Å². The van der Waals surface area contributed by atoms with Gasteiger partial charge < -0.3 is 20.3 Å². The maximum atomic E-state index is 13.5. The maximum Gasteiger partial charge on any atom is 0.257 e. The molecule has 2 aromatic rings. The van der Waals surface area contributed by atoms with E-state index >= 15 is 0 Å². The first-order chi connectivity index (χ1) is 16.2. The Kier molecular flexibility index (Phi) is 8.16. The van der Waals surface area contributed by atoms with Gasteiger partial charge in [0.25, 0.3) is 5.91 Å². The predicted octanol–water partition coefficient (Wildman–Crippen LogP) is 3.54. The largest absolute Gasteiger partial charge is 0.495 e. The number of methoxy groups -OCH3 is 1. The summed E-state index contributed by atoms with van der Waals surface area (Å²) in [5.74, 6) is -0.290. The molecule has 1 heterocycles. The molecule has 0 bridgehead atoms. The zero-order valence-corrected chi connectivity index (χ0v) is 20.9. The first-order valence-electron chi connectivity index (χ1n) is 11.4. The van der Waals surface area contributed by atoms with E-state index < -0.39 is 15.9 Å². The van der Waals surface area contributed by atoms with Crippen LogP contribution in [0.5, 0.6) is 5.75 Å². The number of benzene rings is 2. The molecule has 2 aromatic carbocycles. The number of ether oxygens (including phenoxy) is 1. The highest BCUT2D eigenvalue weighted by molar-refractivity contribution is 7.89. The molecule has 1 aliphatic rings. The number of sulfonamides is 1. The normalized spacial score (nSPS) is 13.7. The van der Waals surface area contributed by atoms with Gasteiger partial charge in [0.1, 0.15) is 5.75 Å². The molecule has 10 heteroatoms. The van der Waals surface area contributed by atoms with Gasteiger partial charge in [0.2, 0.25) is 15.9 Å². The Morgan fingerprint density at radius 2 is 1.71 bits per heavy atom. The molecule has 0 unspecified atom stereocenters. The second kappa shape index (κ2) is 10.9. The Morgan fingerprint density at radius 1 is 1.03 bits per heavy atom. The summed E-state index contributed by atoms with van der Waals surface area (Å²) in [4.78, 5) is 27.1. The molecule has 2 N–H and O–H groups in total. The van der Waals surface area contributed by atoms with Gasteiger partial charge in [0.05, 0.1) is 23.3 Å². The number of hydrogen-bond donors (Lipinski definition) is 2. The highest BCUT2D eigenvalue weighted by atomic mass is 32.2. The Morgan fingerprint density at radius 3 is 2.29 bits per heavy atom. The van der Waals surface area contributed by atoms with Crippen LogP contribution in [0, 0.1) is 0 Å². The summed E-state index contributed by atoms with van der Waals surface area (Å²) in [5.41, 5.74) is 1.82. The van der Waals surface area contributed by atoms with E-state index in [-0.39, 0.29) is 16.4 Å². The van der Waals surface area contributed by atoms with Crippen LogP contribution in [0.15, 0.2) is 41.3 Å². The number of amides is 2. The smallest absolute Gasteiger partial charge is 0.257 e. The standard InChI is InChI=1S/C24H32N4O5S/c1-5-28(6-2)34(31,32)19-10-11-22(27-13-7-8-14-27)20(16-19)24(30)26-21-15-18(25-17(3)29)9-12-23(21)33-4/h9-12,15-16H,5-8,13-14H2,1-4H3,(H,25,29)(H,26,30). The van der Waals surface area contributed by atoms with Crippen molar-refractivity contribution in [2.24, 2.45) is 0 Å². The molecular weight excluding hydrogens is 456 g/mol. The Labute approximate surface area is 201 Å². The number of hydrogen-bond acceptors (Lipinski definition) is 6. The highest BCUT2D eigenvalue weighted by Gasteiger charge is 2.27. The van der Waals surface area contributed by atoms with Gasteiger partial charge in [-0.2, -0.15) is 4.31 Å². The van der Waals surface area contributed by atoms with Crippen molar-refractivity contribution in [2.75, 3.05) is 48.8 Å². The van der Waals surface area contributed by atoms with Crippen LogP contribution in [0.2, 0.25) is 0 Å². The molecule has 2 amide bonds. The van der Waals surface area contributed by atoms with Crippen LogP contribution >= 0.6 is 0 Å². The topological polar surface area (TPSA) is 108 Å². The zero-order chi connectivity index (χ0) is 24.9. The fourth-order valence-corrected chi connectivity index (χ4v) is 5.56. The summed E-state index contributed by atoms with van der Waals surface area (Å²) < 4.78 is 33.0. The van der Waals surface area contributed by atoms with Gasteiger partial charge >= 0.3 is 0 Å². The zero-order valence-electron chi connectivity index (χ0n) is 20.1. The second-order valence-electron chi connectivity index (χ2n) is 8.01. The van der Waals surface area contributed by atoms with E-state index in [0.29, 0.717) is 35.9 Å². The van der Waals surface area contributed by atoms with Crippen molar-refractivity contribution in [3.63, 3.8) is 0 Å². The van der Waals surface area contributed by atoms with Gasteiger partial charge in [0, 0.05) is 44.5 Å². The molecule has 0 aromatic heterocycles. The minimum absolute atomic E-state index is 0.0725. The Balaban J connectivity index is 2.04. The van der Waals surface area contributed by atoms with Crippen LogP contribution < -0.4 is 20.3 Å². The van der Waals surface area contributed by atoms with Crippen molar-refractivity contribution in [2.45, 2.75) is 38.5 Å². The molecule has 0 saturated carbocycles. The Bertz CT molecular complexity index is 1160. The maximum absolute atomic E-state index is 13.5. The summed E-state index contributed by atoms with van der Waals surface area (Å²) in [7, 11) is -2.26. The number of carbonyl (C=O) groups excluding carboxylic acids is 2. The van der Waals surface area contributed by atoms with Crippen LogP contribution in [-0.2, 0) is 14.8 Å². The molecule has 1 fully saturated rings. The van der Waals surface area contributed by atoms with Crippen LogP contribution in [0.4, 0.5) is 17.1 Å². The molecule has 3 rings (SSSR count). The third-order valence-corrected chi connectivity index (χ3v) is 7.82. The highest BCUT2D eigenvalue weighted by Crippen LogP contribution is 2.32. The molecule has 0 radical (unpaired) electrons. The molecule has 9 nitrogen and oxygen atoms in total. The predicted molar refractivity (Wildman–Crippen MR) is 133 cm³/mol. The Hall–Kier alpha value is -3.11. The van der Waals surface area contributed by atoms with Crippen molar-refractivity contribution in [3.05, 3.63) is 42.0 Å². The first kappa shape index (κ1) is 25.5. The van der Waals surface area contributed by atoms with E-state index in [1.807, 2.05) is 0 Å². The minimum atomic E-state index is -3.74. The van der Waals surface area contributed by atoms with E-state index in [9.17, 15) is 18.0 Å². The van der Waals surface area contributed by atoms with Gasteiger partial charge in [-0.05, 0) is 49.2 Å². The third-order valence-electron chi connectivity index (χ3n) is 5.77. The number of rotatable bonds is 9. The molecular formula is C24H32N4O5S. The van der Waals surface area contributed by atoms with Gasteiger partial charge in [-0.25, -0.2) is 8.42 Å². The molecule has 1 saturated heterocycles. The van der Waals surface area contributed by atoms with E-state index in [1.165, 1.54) is 24.4 Å². The monoisotopic (exact) mass is 488 g/mol. The van der Waals surface area contributed by atoms with Gasteiger partial charge in [-0.1, -0.05) is 13.8 Å². The van der Waals surface area contributed by atoms with Crippen molar-refractivity contribution in [1.29, 1.82) is 0 Å². The minimum Gasteiger partial charge on any atom is -0.495 e. The summed E-state index contributed by atoms with van der Waals surface area (Å²) in [6.07, 6.45) is 2.01. The number of carbonyl (C=O) groups is 2. The summed E-state index contributed by atoms with van der Waals surface area (Å²) in [5, 5.41) is 5.52. The fourth-order valence-electron chi connectivity index (χ4n) is 4.08. The molecule has 0 spiro atoms. The average Bonchev–Trinajstić information content (AvgIpc) is 3.34. The molecule has 1 aliphatic heterocycles. The number of anilines is 3. The SMILES string of the molecule is CCN(CC)S(=O)(=O)c1ccc(N2CCCC2)c(C(=O)Nc2cc(NC(C)=O)ccc2OC)c1.